The van der Waals surface area contributed by atoms with Crippen LogP contribution < -0.4 is 4.74 Å². The number of fused-ring (bicyclic) bond motifs is 2. The van der Waals surface area contributed by atoms with E-state index in [9.17, 15) is 4.79 Å². The fourth-order valence-electron chi connectivity index (χ4n) is 4.59. The first-order valence-electron chi connectivity index (χ1n) is 8.96. The van der Waals surface area contributed by atoms with Gasteiger partial charge in [0, 0.05) is 18.3 Å². The van der Waals surface area contributed by atoms with E-state index in [2.05, 4.69) is 39.0 Å². The molecule has 0 amide bonds. The molecule has 2 bridgehead atoms. The summed E-state index contributed by atoms with van der Waals surface area (Å²) in [6.45, 7) is 9.16. The predicted molar refractivity (Wildman–Crippen MR) is 96.3 cm³/mol. The van der Waals surface area contributed by atoms with Crippen molar-refractivity contribution in [3.05, 3.63) is 41.5 Å². The predicted octanol–water partition coefficient (Wildman–Crippen LogP) is 4.16. The van der Waals surface area contributed by atoms with Crippen molar-refractivity contribution in [1.82, 2.24) is 0 Å². The Labute approximate surface area is 150 Å². The Morgan fingerprint density at radius 1 is 1.28 bits per heavy atom. The maximum absolute atomic E-state index is 11.4. The van der Waals surface area contributed by atoms with Gasteiger partial charge in [-0.2, -0.15) is 0 Å². The fourth-order valence-corrected chi connectivity index (χ4v) is 4.59. The van der Waals surface area contributed by atoms with Crippen molar-refractivity contribution in [2.75, 3.05) is 20.3 Å². The number of methoxy groups -OCH3 is 1. The lowest BCUT2D eigenvalue weighted by Crippen LogP contribution is -2.54. The van der Waals surface area contributed by atoms with Crippen molar-refractivity contribution in [2.24, 2.45) is 23.2 Å². The molecule has 3 rings (SSSR count). The summed E-state index contributed by atoms with van der Waals surface area (Å²) in [5.41, 5.74) is 2.37. The summed E-state index contributed by atoms with van der Waals surface area (Å²) < 4.78 is 17.1. The van der Waals surface area contributed by atoms with Crippen molar-refractivity contribution in [3.63, 3.8) is 0 Å². The second-order valence-electron chi connectivity index (χ2n) is 7.53. The number of hydrogen-bond donors (Lipinski definition) is 0. The average Bonchev–Trinajstić information content (AvgIpc) is 2.59. The van der Waals surface area contributed by atoms with Gasteiger partial charge in [0.15, 0.2) is 0 Å². The van der Waals surface area contributed by atoms with E-state index in [1.807, 2.05) is 12.1 Å². The van der Waals surface area contributed by atoms with Gasteiger partial charge in [0.05, 0.1) is 26.4 Å². The zero-order valence-corrected chi connectivity index (χ0v) is 15.7. The maximum atomic E-state index is 11.4. The van der Waals surface area contributed by atoms with Gasteiger partial charge >= 0.3 is 5.97 Å². The van der Waals surface area contributed by atoms with Crippen LogP contribution in [-0.4, -0.2) is 26.3 Å². The Hall–Kier alpha value is -1.81. The van der Waals surface area contributed by atoms with E-state index in [0.717, 1.165) is 5.75 Å². The second-order valence-corrected chi connectivity index (χ2v) is 7.53. The third kappa shape index (κ3) is 3.08. The minimum atomic E-state index is -0.228. The lowest BCUT2D eigenvalue weighted by molar-refractivity contribution is -0.180. The quantitative estimate of drug-likeness (QED) is 0.607. The summed E-state index contributed by atoms with van der Waals surface area (Å²) in [7, 11) is 1.67. The highest BCUT2D eigenvalue weighted by atomic mass is 16.5. The van der Waals surface area contributed by atoms with Crippen LogP contribution in [-0.2, 0) is 14.3 Å². The van der Waals surface area contributed by atoms with E-state index >= 15 is 0 Å². The molecule has 1 aromatic carbocycles. The zero-order chi connectivity index (χ0) is 18.2. The molecule has 0 aromatic heterocycles. The Balaban J connectivity index is 1.92. The van der Waals surface area contributed by atoms with Crippen molar-refractivity contribution < 1.29 is 19.0 Å². The minimum Gasteiger partial charge on any atom is -0.497 e. The molecule has 0 spiro atoms. The van der Waals surface area contributed by atoms with Crippen LogP contribution in [0, 0.1) is 23.2 Å². The Kier molecular flexibility index (Phi) is 4.92. The standard InChI is InChI=1S/C21H28O4/c1-13-10-14(2)21(11-24-16(4)22)12-25-20(19(13)15(21)3)17-6-8-18(23-5)9-7-17/h6-10,14-15,19-20H,11-12H2,1-5H3/t14-,15+,19-,20-,21+/m0/s1. The molecule has 5 atom stereocenters. The van der Waals surface area contributed by atoms with Gasteiger partial charge in [-0.05, 0) is 36.5 Å². The molecule has 25 heavy (non-hydrogen) atoms. The Morgan fingerprint density at radius 3 is 2.56 bits per heavy atom. The highest BCUT2D eigenvalue weighted by molar-refractivity contribution is 5.66. The molecular weight excluding hydrogens is 316 g/mol. The lowest BCUT2D eigenvalue weighted by atomic mass is 9.56. The van der Waals surface area contributed by atoms with Crippen LogP contribution in [0.4, 0.5) is 0 Å². The molecule has 0 unspecified atom stereocenters. The molecule has 1 aromatic rings. The molecule has 0 saturated carbocycles. The summed E-state index contributed by atoms with van der Waals surface area (Å²) in [6, 6.07) is 8.13. The van der Waals surface area contributed by atoms with Crippen LogP contribution in [0.15, 0.2) is 35.9 Å². The van der Waals surface area contributed by atoms with E-state index in [1.165, 1.54) is 18.1 Å². The number of esters is 1. The van der Waals surface area contributed by atoms with Gasteiger partial charge in [0.25, 0.3) is 0 Å². The number of carbonyl (C=O) groups excluding carboxylic acids is 1. The Bertz CT molecular complexity index is 663. The van der Waals surface area contributed by atoms with E-state index in [4.69, 9.17) is 14.2 Å². The molecule has 4 heteroatoms. The average molecular weight is 344 g/mol. The van der Waals surface area contributed by atoms with Gasteiger partial charge in [0.2, 0.25) is 0 Å². The molecule has 0 N–H and O–H groups in total. The Morgan fingerprint density at radius 2 is 1.96 bits per heavy atom. The van der Waals surface area contributed by atoms with Crippen LogP contribution >= 0.6 is 0 Å². The zero-order valence-electron chi connectivity index (χ0n) is 15.7. The van der Waals surface area contributed by atoms with Crippen molar-refractivity contribution in [2.45, 2.75) is 33.8 Å². The molecule has 1 heterocycles. The summed E-state index contributed by atoms with van der Waals surface area (Å²) in [6.07, 6.45) is 2.36. The smallest absolute Gasteiger partial charge is 0.302 e. The van der Waals surface area contributed by atoms with Gasteiger partial charge in [-0.3, -0.25) is 4.79 Å². The van der Waals surface area contributed by atoms with Crippen LogP contribution in [0.1, 0.15) is 39.4 Å². The highest BCUT2D eigenvalue weighted by Gasteiger charge is 2.54. The third-order valence-electron chi connectivity index (χ3n) is 6.24. The highest BCUT2D eigenvalue weighted by Crippen LogP contribution is 2.56. The molecule has 2 aliphatic rings. The van der Waals surface area contributed by atoms with Gasteiger partial charge < -0.3 is 14.2 Å². The van der Waals surface area contributed by atoms with E-state index < -0.39 is 0 Å². The van der Waals surface area contributed by atoms with E-state index in [1.54, 1.807) is 7.11 Å². The number of allylic oxidation sites excluding steroid dienone is 1. The van der Waals surface area contributed by atoms with Gasteiger partial charge in [0.1, 0.15) is 5.75 Å². The summed E-state index contributed by atoms with van der Waals surface area (Å²) in [5.74, 6) is 1.59. The monoisotopic (exact) mass is 344 g/mol. The number of rotatable bonds is 4. The van der Waals surface area contributed by atoms with Crippen molar-refractivity contribution in [3.8, 4) is 5.75 Å². The SMILES string of the molecule is COc1ccc([C@@H]2OC[C@@]3(COC(C)=O)[C@H](C)[C@@H]2C(C)=C[C@@H]3C)cc1. The van der Waals surface area contributed by atoms with E-state index in [-0.39, 0.29) is 23.4 Å². The molecule has 136 valence electrons. The van der Waals surface area contributed by atoms with Crippen molar-refractivity contribution >= 4 is 5.97 Å². The van der Waals surface area contributed by atoms with Crippen LogP contribution in [0.3, 0.4) is 0 Å². The largest absolute Gasteiger partial charge is 0.497 e. The topological polar surface area (TPSA) is 44.8 Å². The molecule has 4 nitrogen and oxygen atoms in total. The number of benzene rings is 1. The number of ether oxygens (including phenoxy) is 3. The van der Waals surface area contributed by atoms with Gasteiger partial charge in [-0.15, -0.1) is 0 Å². The van der Waals surface area contributed by atoms with Crippen LogP contribution in [0.5, 0.6) is 5.75 Å². The molecule has 1 saturated heterocycles. The minimum absolute atomic E-state index is 0.0232. The second kappa shape index (κ2) is 6.83. The first kappa shape index (κ1) is 18.0. The molecular formula is C21H28O4. The molecule has 1 fully saturated rings. The first-order chi connectivity index (χ1) is 11.9. The molecule has 1 aliphatic carbocycles. The molecule has 1 aliphatic heterocycles. The number of hydrogen-bond acceptors (Lipinski definition) is 4. The summed E-state index contributed by atoms with van der Waals surface area (Å²) >= 11 is 0. The lowest BCUT2D eigenvalue weighted by Gasteiger charge is -2.55. The maximum Gasteiger partial charge on any atom is 0.302 e. The van der Waals surface area contributed by atoms with Crippen LogP contribution in [0.2, 0.25) is 0 Å². The fraction of sp³-hybridized carbons (Fsp3) is 0.571. The van der Waals surface area contributed by atoms with E-state index in [0.29, 0.717) is 25.0 Å². The van der Waals surface area contributed by atoms with Gasteiger partial charge in [-0.25, -0.2) is 0 Å². The third-order valence-corrected chi connectivity index (χ3v) is 6.24. The number of carbonyl (C=O) groups is 1. The summed E-state index contributed by atoms with van der Waals surface area (Å²) in [5, 5.41) is 0. The van der Waals surface area contributed by atoms with Crippen molar-refractivity contribution in [1.29, 1.82) is 0 Å². The first-order valence-corrected chi connectivity index (χ1v) is 8.96. The van der Waals surface area contributed by atoms with Gasteiger partial charge in [-0.1, -0.05) is 37.6 Å². The summed E-state index contributed by atoms with van der Waals surface area (Å²) in [4.78, 5) is 11.4. The normalized spacial score (nSPS) is 34.2. The molecule has 0 radical (unpaired) electrons. The van der Waals surface area contributed by atoms with Crippen LogP contribution in [0.25, 0.3) is 0 Å².